The Hall–Kier alpha value is -2.22. The zero-order valence-corrected chi connectivity index (χ0v) is 13.2. The number of imide groups is 1. The van der Waals surface area contributed by atoms with E-state index in [9.17, 15) is 14.4 Å². The quantitative estimate of drug-likeness (QED) is 0.800. The van der Waals surface area contributed by atoms with Crippen LogP contribution in [0.25, 0.3) is 10.2 Å². The summed E-state index contributed by atoms with van der Waals surface area (Å²) < 4.78 is 5.25. The van der Waals surface area contributed by atoms with Crippen molar-refractivity contribution < 1.29 is 14.3 Å². The molecule has 0 radical (unpaired) electrons. The summed E-state index contributed by atoms with van der Waals surface area (Å²) in [5.41, 5.74) is -0.267. The molecule has 3 heterocycles. The molecule has 7 nitrogen and oxygen atoms in total. The van der Waals surface area contributed by atoms with E-state index < -0.39 is 17.6 Å². The van der Waals surface area contributed by atoms with Gasteiger partial charge in [-0.05, 0) is 32.8 Å². The van der Waals surface area contributed by atoms with Gasteiger partial charge >= 0.3 is 6.09 Å². The van der Waals surface area contributed by atoms with E-state index in [0.717, 1.165) is 16.2 Å². The molecule has 1 aliphatic heterocycles. The molecular weight excluding hydrogens is 306 g/mol. The van der Waals surface area contributed by atoms with Crippen LogP contribution in [0.5, 0.6) is 0 Å². The minimum atomic E-state index is -0.670. The fourth-order valence-corrected chi connectivity index (χ4v) is 3.49. The maximum Gasteiger partial charge on any atom is 0.417 e. The molecule has 0 atom stereocenters. The second-order valence-corrected chi connectivity index (χ2v) is 7.01. The van der Waals surface area contributed by atoms with Gasteiger partial charge in [0.05, 0.1) is 16.6 Å². The van der Waals surface area contributed by atoms with Crippen molar-refractivity contribution in [2.75, 3.05) is 6.54 Å². The number of nitrogens with zero attached hydrogens (tertiary/aromatic N) is 2. The van der Waals surface area contributed by atoms with Gasteiger partial charge in [0.1, 0.15) is 10.4 Å². The van der Waals surface area contributed by atoms with E-state index in [1.54, 1.807) is 20.8 Å². The summed E-state index contributed by atoms with van der Waals surface area (Å²) in [6, 6.07) is 0. The Labute approximate surface area is 129 Å². The number of thiophene rings is 1. The molecule has 0 aliphatic carbocycles. The lowest BCUT2D eigenvalue weighted by atomic mass is 10.1. The number of carbonyl (C=O) groups excluding carboxylic acids is 2. The van der Waals surface area contributed by atoms with Crippen molar-refractivity contribution in [3.05, 3.63) is 27.1 Å². The Bertz CT molecular complexity index is 831. The molecule has 0 spiro atoms. The first-order chi connectivity index (χ1) is 10.3. The first-order valence-electron chi connectivity index (χ1n) is 6.82. The lowest BCUT2D eigenvalue weighted by Gasteiger charge is -2.28. The molecule has 0 unspecified atom stereocenters. The third-order valence-corrected chi connectivity index (χ3v) is 4.36. The Balaban J connectivity index is 2.00. The van der Waals surface area contributed by atoms with Gasteiger partial charge in [0.2, 0.25) is 0 Å². The van der Waals surface area contributed by atoms with Crippen molar-refractivity contribution in [1.29, 1.82) is 0 Å². The van der Waals surface area contributed by atoms with Gasteiger partial charge in [-0.15, -0.1) is 11.3 Å². The van der Waals surface area contributed by atoms with Crippen LogP contribution in [-0.4, -0.2) is 39.0 Å². The summed E-state index contributed by atoms with van der Waals surface area (Å²) in [6.07, 6.45) is 1.07. The summed E-state index contributed by atoms with van der Waals surface area (Å²) in [5, 5.41) is 0.444. The van der Waals surface area contributed by atoms with Crippen LogP contribution in [0.1, 0.15) is 36.0 Å². The fourth-order valence-electron chi connectivity index (χ4n) is 2.35. The van der Waals surface area contributed by atoms with Crippen LogP contribution in [0.15, 0.2) is 11.1 Å². The lowest BCUT2D eigenvalue weighted by Crippen LogP contribution is -2.44. The van der Waals surface area contributed by atoms with Crippen molar-refractivity contribution in [3.63, 3.8) is 0 Å². The molecule has 1 N–H and O–H groups in total. The van der Waals surface area contributed by atoms with E-state index in [4.69, 9.17) is 4.74 Å². The maximum atomic E-state index is 12.5. The van der Waals surface area contributed by atoms with E-state index >= 15 is 0 Å². The van der Waals surface area contributed by atoms with Crippen LogP contribution in [0.4, 0.5) is 4.79 Å². The van der Waals surface area contributed by atoms with Gasteiger partial charge in [0.25, 0.3) is 11.5 Å². The molecule has 116 valence electrons. The molecule has 3 rings (SSSR count). The van der Waals surface area contributed by atoms with Crippen molar-refractivity contribution in [1.82, 2.24) is 14.9 Å². The average Bonchev–Trinajstić information content (AvgIpc) is 2.78. The number of amides is 2. The van der Waals surface area contributed by atoms with Gasteiger partial charge in [-0.25, -0.2) is 14.7 Å². The van der Waals surface area contributed by atoms with Gasteiger partial charge in [-0.1, -0.05) is 0 Å². The van der Waals surface area contributed by atoms with E-state index in [-0.39, 0.29) is 12.1 Å². The SMILES string of the molecule is CC(C)(C)OC(=O)N1CCc2c(sc3nc[nH]c(=O)c23)C1=O. The minimum absolute atomic E-state index is 0.195. The number of H-pyrrole nitrogens is 1. The van der Waals surface area contributed by atoms with E-state index in [2.05, 4.69) is 9.97 Å². The summed E-state index contributed by atoms with van der Waals surface area (Å²) in [5.74, 6) is -0.432. The first kappa shape index (κ1) is 14.7. The normalized spacial score (nSPS) is 15.0. The summed E-state index contributed by atoms with van der Waals surface area (Å²) in [7, 11) is 0. The number of hydrogen-bond donors (Lipinski definition) is 1. The van der Waals surface area contributed by atoms with Gasteiger partial charge in [-0.2, -0.15) is 0 Å². The minimum Gasteiger partial charge on any atom is -0.443 e. The molecule has 1 aliphatic rings. The topological polar surface area (TPSA) is 92.4 Å². The Kier molecular flexibility index (Phi) is 3.28. The Morgan fingerprint density at radius 1 is 1.41 bits per heavy atom. The number of ether oxygens (including phenoxy) is 1. The lowest BCUT2D eigenvalue weighted by molar-refractivity contribution is 0.0236. The second kappa shape index (κ2) is 4.91. The molecule has 8 heteroatoms. The highest BCUT2D eigenvalue weighted by molar-refractivity contribution is 7.20. The van der Waals surface area contributed by atoms with E-state index in [1.807, 2.05) is 0 Å². The highest BCUT2D eigenvalue weighted by Gasteiger charge is 2.35. The van der Waals surface area contributed by atoms with Gasteiger partial charge in [0.15, 0.2) is 0 Å². The second-order valence-electron chi connectivity index (χ2n) is 6.01. The number of fused-ring (bicyclic) bond motifs is 3. The number of nitrogens with one attached hydrogen (secondary N) is 1. The third-order valence-electron chi connectivity index (χ3n) is 3.23. The van der Waals surface area contributed by atoms with Gasteiger partial charge in [0, 0.05) is 6.54 Å². The summed E-state index contributed by atoms with van der Waals surface area (Å²) in [4.78, 5) is 45.1. The molecule has 0 fully saturated rings. The molecule has 2 aromatic rings. The zero-order valence-electron chi connectivity index (χ0n) is 12.4. The molecule has 0 saturated carbocycles. The van der Waals surface area contributed by atoms with E-state index in [0.29, 0.717) is 27.1 Å². The summed E-state index contributed by atoms with van der Waals surface area (Å²) >= 11 is 1.13. The number of aromatic amines is 1. The maximum absolute atomic E-state index is 12.5. The average molecular weight is 321 g/mol. The highest BCUT2D eigenvalue weighted by Crippen LogP contribution is 2.32. The Morgan fingerprint density at radius 2 is 2.14 bits per heavy atom. The monoisotopic (exact) mass is 321 g/mol. The highest BCUT2D eigenvalue weighted by atomic mass is 32.1. The predicted octanol–water partition coefficient (Wildman–Crippen LogP) is 1.92. The molecule has 2 aromatic heterocycles. The molecule has 0 saturated heterocycles. The first-order valence-corrected chi connectivity index (χ1v) is 7.63. The molecule has 0 aromatic carbocycles. The largest absolute Gasteiger partial charge is 0.443 e. The number of rotatable bonds is 0. The van der Waals surface area contributed by atoms with Crippen LogP contribution in [0.2, 0.25) is 0 Å². The summed E-state index contributed by atoms with van der Waals surface area (Å²) in [6.45, 7) is 5.43. The van der Waals surface area contributed by atoms with Crippen LogP contribution in [-0.2, 0) is 11.2 Å². The molecule has 22 heavy (non-hydrogen) atoms. The third kappa shape index (κ3) is 2.39. The number of carbonyl (C=O) groups is 2. The van der Waals surface area contributed by atoms with Crippen molar-refractivity contribution >= 4 is 33.6 Å². The molecular formula is C14H15N3O4S. The predicted molar refractivity (Wildman–Crippen MR) is 81.2 cm³/mol. The van der Waals surface area contributed by atoms with Crippen LogP contribution in [0, 0.1) is 0 Å². The van der Waals surface area contributed by atoms with Crippen LogP contribution in [0.3, 0.4) is 0 Å². The zero-order chi connectivity index (χ0) is 16.1. The van der Waals surface area contributed by atoms with E-state index in [1.165, 1.54) is 6.33 Å². The molecule has 2 amide bonds. The molecule has 0 bridgehead atoms. The van der Waals surface area contributed by atoms with Crippen LogP contribution < -0.4 is 5.56 Å². The number of hydrogen-bond acceptors (Lipinski definition) is 6. The van der Waals surface area contributed by atoms with Gasteiger partial charge < -0.3 is 9.72 Å². The fraction of sp³-hybridized carbons (Fsp3) is 0.429. The van der Waals surface area contributed by atoms with Crippen molar-refractivity contribution in [3.8, 4) is 0 Å². The van der Waals surface area contributed by atoms with Crippen molar-refractivity contribution in [2.45, 2.75) is 32.8 Å². The van der Waals surface area contributed by atoms with Crippen molar-refractivity contribution in [2.24, 2.45) is 0 Å². The Morgan fingerprint density at radius 3 is 2.82 bits per heavy atom. The number of aromatic nitrogens is 2. The van der Waals surface area contributed by atoms with Crippen LogP contribution >= 0.6 is 11.3 Å². The van der Waals surface area contributed by atoms with Gasteiger partial charge in [-0.3, -0.25) is 9.59 Å². The standard InChI is InChI=1S/C14H15N3O4S/c1-14(2,3)21-13(20)17-5-4-7-8-10(18)15-6-16-11(8)22-9(7)12(17)19/h6H,4-5H2,1-3H3,(H,15,16,18). The smallest absolute Gasteiger partial charge is 0.417 e.